The van der Waals surface area contributed by atoms with E-state index in [1.807, 2.05) is 60.7 Å². The minimum absolute atomic E-state index is 0.0701. The van der Waals surface area contributed by atoms with Crippen LogP contribution >= 0.6 is 15.9 Å². The first-order valence-corrected chi connectivity index (χ1v) is 8.67. The highest BCUT2D eigenvalue weighted by molar-refractivity contribution is 9.10. The summed E-state index contributed by atoms with van der Waals surface area (Å²) in [7, 11) is 0. The summed E-state index contributed by atoms with van der Waals surface area (Å²) in [5.41, 5.74) is 3.03. The number of carbonyl (C=O) groups excluding carboxylic acids is 1. The summed E-state index contributed by atoms with van der Waals surface area (Å²) in [4.78, 5) is 12.5. The molecule has 0 aliphatic carbocycles. The first-order chi connectivity index (χ1) is 11.8. The number of carbonyl (C=O) groups is 1. The third kappa shape index (κ3) is 3.92. The molecule has 0 spiro atoms. The molecule has 1 amide bonds. The van der Waals surface area contributed by atoms with Crippen LogP contribution < -0.4 is 5.32 Å². The van der Waals surface area contributed by atoms with Gasteiger partial charge in [0, 0.05) is 16.9 Å². The fourth-order valence-electron chi connectivity index (χ4n) is 2.73. The van der Waals surface area contributed by atoms with E-state index >= 15 is 0 Å². The molecule has 0 aliphatic heterocycles. The van der Waals surface area contributed by atoms with Crippen molar-refractivity contribution in [2.75, 3.05) is 6.54 Å². The summed E-state index contributed by atoms with van der Waals surface area (Å²) in [6.45, 7) is 0.550. The predicted molar refractivity (Wildman–Crippen MR) is 101 cm³/mol. The largest absolute Gasteiger partial charge is 0.351 e. The van der Waals surface area contributed by atoms with Crippen LogP contribution in [0.15, 0.2) is 89.4 Å². The summed E-state index contributed by atoms with van der Waals surface area (Å²) in [6.07, 6.45) is 0. The standard InChI is InChI=1S/C21H18BrNO/c22-20-14-8-7-13-18(20)21(24)23-15-19(16-9-3-1-4-10-16)17-11-5-2-6-12-17/h1-14,19H,15H2,(H,23,24). The second kappa shape index (κ2) is 7.93. The number of halogens is 1. The van der Waals surface area contributed by atoms with Crippen LogP contribution in [-0.2, 0) is 0 Å². The molecule has 0 heterocycles. The second-order valence-electron chi connectivity index (χ2n) is 5.56. The third-order valence-electron chi connectivity index (χ3n) is 3.99. The topological polar surface area (TPSA) is 29.1 Å². The lowest BCUT2D eigenvalue weighted by atomic mass is 9.91. The van der Waals surface area contributed by atoms with Gasteiger partial charge in [-0.2, -0.15) is 0 Å². The average Bonchev–Trinajstić information content (AvgIpc) is 2.64. The highest BCUT2D eigenvalue weighted by Gasteiger charge is 2.16. The Labute approximate surface area is 150 Å². The van der Waals surface area contributed by atoms with Crippen LogP contribution in [0.5, 0.6) is 0 Å². The van der Waals surface area contributed by atoms with E-state index in [1.54, 1.807) is 0 Å². The fourth-order valence-corrected chi connectivity index (χ4v) is 3.20. The smallest absolute Gasteiger partial charge is 0.252 e. The Balaban J connectivity index is 1.81. The van der Waals surface area contributed by atoms with Gasteiger partial charge in [0.05, 0.1) is 5.56 Å². The van der Waals surface area contributed by atoms with Crippen molar-refractivity contribution in [2.24, 2.45) is 0 Å². The number of amides is 1. The van der Waals surface area contributed by atoms with E-state index in [9.17, 15) is 4.79 Å². The van der Waals surface area contributed by atoms with Crippen molar-refractivity contribution < 1.29 is 4.79 Å². The molecule has 0 aromatic heterocycles. The molecule has 24 heavy (non-hydrogen) atoms. The molecule has 3 aromatic rings. The summed E-state index contributed by atoms with van der Waals surface area (Å²) >= 11 is 3.43. The molecule has 0 bridgehead atoms. The van der Waals surface area contributed by atoms with Crippen molar-refractivity contribution in [3.05, 3.63) is 106 Å². The molecule has 3 aromatic carbocycles. The fraction of sp³-hybridized carbons (Fsp3) is 0.0952. The molecular formula is C21H18BrNO. The maximum absolute atomic E-state index is 12.5. The van der Waals surface area contributed by atoms with E-state index in [-0.39, 0.29) is 11.8 Å². The maximum atomic E-state index is 12.5. The van der Waals surface area contributed by atoms with E-state index < -0.39 is 0 Å². The van der Waals surface area contributed by atoms with Gasteiger partial charge < -0.3 is 5.32 Å². The summed E-state index contributed by atoms with van der Waals surface area (Å²) < 4.78 is 0.804. The van der Waals surface area contributed by atoms with E-state index in [1.165, 1.54) is 11.1 Å². The Bertz CT molecular complexity index is 763. The molecule has 120 valence electrons. The molecule has 0 saturated carbocycles. The summed E-state index contributed by atoms with van der Waals surface area (Å²) in [5, 5.41) is 3.07. The summed E-state index contributed by atoms with van der Waals surface area (Å²) in [6, 6.07) is 28.0. The average molecular weight is 380 g/mol. The van der Waals surface area contributed by atoms with Crippen molar-refractivity contribution in [3.8, 4) is 0 Å². The van der Waals surface area contributed by atoms with Gasteiger partial charge in [0.15, 0.2) is 0 Å². The quantitative estimate of drug-likeness (QED) is 0.662. The number of rotatable bonds is 5. The van der Waals surface area contributed by atoms with Crippen LogP contribution in [0.2, 0.25) is 0 Å². The van der Waals surface area contributed by atoms with Gasteiger partial charge in [0.1, 0.15) is 0 Å². The highest BCUT2D eigenvalue weighted by Crippen LogP contribution is 2.24. The molecule has 0 atom stereocenters. The van der Waals surface area contributed by atoms with Crippen LogP contribution in [0.4, 0.5) is 0 Å². The lowest BCUT2D eigenvalue weighted by Gasteiger charge is -2.19. The molecule has 2 nitrogen and oxygen atoms in total. The Morgan fingerprint density at radius 3 is 1.83 bits per heavy atom. The zero-order valence-electron chi connectivity index (χ0n) is 13.2. The SMILES string of the molecule is O=C(NCC(c1ccccc1)c1ccccc1)c1ccccc1Br. The molecule has 1 N–H and O–H groups in total. The Hall–Kier alpha value is -2.39. The first-order valence-electron chi connectivity index (χ1n) is 7.88. The second-order valence-corrected chi connectivity index (χ2v) is 6.42. The molecule has 0 unspecified atom stereocenters. The van der Waals surface area contributed by atoms with Crippen molar-refractivity contribution in [1.29, 1.82) is 0 Å². The molecule has 0 saturated heterocycles. The lowest BCUT2D eigenvalue weighted by Crippen LogP contribution is -2.29. The molecule has 3 heteroatoms. The van der Waals surface area contributed by atoms with Gasteiger partial charge in [-0.05, 0) is 39.2 Å². The molecule has 3 rings (SSSR count). The molecular weight excluding hydrogens is 362 g/mol. The van der Waals surface area contributed by atoms with Crippen molar-refractivity contribution in [1.82, 2.24) is 5.32 Å². The number of nitrogens with one attached hydrogen (secondary N) is 1. The number of benzene rings is 3. The van der Waals surface area contributed by atoms with Crippen LogP contribution in [0.1, 0.15) is 27.4 Å². The Morgan fingerprint density at radius 2 is 1.29 bits per heavy atom. The minimum atomic E-state index is -0.0701. The van der Waals surface area contributed by atoms with Crippen LogP contribution in [0.25, 0.3) is 0 Å². The predicted octanol–water partition coefficient (Wildman–Crippen LogP) is 5.01. The zero-order chi connectivity index (χ0) is 16.8. The van der Waals surface area contributed by atoms with Gasteiger partial charge in [-0.15, -0.1) is 0 Å². The van der Waals surface area contributed by atoms with Gasteiger partial charge in [-0.1, -0.05) is 72.8 Å². The third-order valence-corrected chi connectivity index (χ3v) is 4.68. The van der Waals surface area contributed by atoms with Crippen molar-refractivity contribution in [3.63, 3.8) is 0 Å². The van der Waals surface area contributed by atoms with Gasteiger partial charge in [-0.25, -0.2) is 0 Å². The lowest BCUT2D eigenvalue weighted by molar-refractivity contribution is 0.0951. The van der Waals surface area contributed by atoms with Crippen molar-refractivity contribution >= 4 is 21.8 Å². The summed E-state index contributed by atoms with van der Waals surface area (Å²) in [5.74, 6) is 0.0539. The Morgan fingerprint density at radius 1 is 0.792 bits per heavy atom. The highest BCUT2D eigenvalue weighted by atomic mass is 79.9. The van der Waals surface area contributed by atoms with Crippen LogP contribution in [-0.4, -0.2) is 12.5 Å². The molecule has 0 radical (unpaired) electrons. The van der Waals surface area contributed by atoms with E-state index in [2.05, 4.69) is 45.5 Å². The van der Waals surface area contributed by atoms with Gasteiger partial charge in [0.25, 0.3) is 5.91 Å². The molecule has 0 aliphatic rings. The van der Waals surface area contributed by atoms with Crippen LogP contribution in [0.3, 0.4) is 0 Å². The van der Waals surface area contributed by atoms with Gasteiger partial charge in [0.2, 0.25) is 0 Å². The van der Waals surface area contributed by atoms with E-state index in [4.69, 9.17) is 0 Å². The first kappa shape index (κ1) is 16.5. The van der Waals surface area contributed by atoms with Crippen molar-refractivity contribution in [2.45, 2.75) is 5.92 Å². The minimum Gasteiger partial charge on any atom is -0.351 e. The zero-order valence-corrected chi connectivity index (χ0v) is 14.7. The Kier molecular flexibility index (Phi) is 5.44. The maximum Gasteiger partial charge on any atom is 0.252 e. The van der Waals surface area contributed by atoms with Gasteiger partial charge >= 0.3 is 0 Å². The molecule has 0 fully saturated rings. The number of hydrogen-bond acceptors (Lipinski definition) is 1. The number of hydrogen-bond donors (Lipinski definition) is 1. The van der Waals surface area contributed by atoms with Crippen LogP contribution in [0, 0.1) is 0 Å². The van der Waals surface area contributed by atoms with E-state index in [0.29, 0.717) is 12.1 Å². The van der Waals surface area contributed by atoms with E-state index in [0.717, 1.165) is 4.47 Å². The van der Waals surface area contributed by atoms with Gasteiger partial charge in [-0.3, -0.25) is 4.79 Å². The monoisotopic (exact) mass is 379 g/mol. The normalized spacial score (nSPS) is 10.6.